The molecule has 0 N–H and O–H groups in total. The molecule has 0 saturated carbocycles. The van der Waals surface area contributed by atoms with Gasteiger partial charge in [-0.2, -0.15) is 0 Å². The van der Waals surface area contributed by atoms with E-state index in [0.717, 1.165) is 18.0 Å². The Morgan fingerprint density at radius 1 is 0.913 bits per heavy atom. The fourth-order valence-electron chi connectivity index (χ4n) is 2.26. The first-order valence-electron chi connectivity index (χ1n) is 7.64. The van der Waals surface area contributed by atoms with Crippen molar-refractivity contribution in [1.82, 2.24) is 10.2 Å². The van der Waals surface area contributed by atoms with Crippen molar-refractivity contribution in [3.05, 3.63) is 72.4 Å². The Morgan fingerprint density at radius 2 is 1.57 bits per heavy atom. The van der Waals surface area contributed by atoms with Crippen LogP contribution in [0.1, 0.15) is 18.7 Å². The van der Waals surface area contributed by atoms with E-state index >= 15 is 0 Å². The highest BCUT2D eigenvalue weighted by Crippen LogP contribution is 2.16. The van der Waals surface area contributed by atoms with Crippen molar-refractivity contribution in [2.24, 2.45) is 0 Å². The zero-order valence-corrected chi connectivity index (χ0v) is 13.1. The summed E-state index contributed by atoms with van der Waals surface area (Å²) in [6, 6.07) is 19.8. The van der Waals surface area contributed by atoms with Crippen LogP contribution in [0.15, 0.2) is 65.1 Å². The van der Waals surface area contributed by atoms with E-state index in [1.54, 1.807) is 0 Å². The molecular weight excluding hydrogens is 290 g/mol. The highest BCUT2D eigenvalue weighted by atomic mass is 16.5. The highest BCUT2D eigenvalue weighted by Gasteiger charge is 2.11. The van der Waals surface area contributed by atoms with Gasteiger partial charge < -0.3 is 14.1 Å². The molecule has 0 amide bonds. The quantitative estimate of drug-likeness (QED) is 0.666. The Balaban J connectivity index is 1.60. The molecule has 5 nitrogen and oxygen atoms in total. The van der Waals surface area contributed by atoms with Gasteiger partial charge in [0.15, 0.2) is 6.61 Å². The second-order valence-corrected chi connectivity index (χ2v) is 5.04. The standard InChI is InChI=1S/C18H19N3O2/c1-2-21(15-9-5-3-6-10-15)13-17-19-20-18(23-17)14-22-16-11-7-4-8-12-16/h3-12H,2,13-14H2,1H3. The molecule has 3 aromatic rings. The van der Waals surface area contributed by atoms with Crippen molar-refractivity contribution in [3.8, 4) is 5.75 Å². The van der Waals surface area contributed by atoms with Crippen LogP contribution in [0.3, 0.4) is 0 Å². The zero-order chi connectivity index (χ0) is 15.9. The van der Waals surface area contributed by atoms with Crippen molar-refractivity contribution in [3.63, 3.8) is 0 Å². The maximum Gasteiger partial charge on any atom is 0.253 e. The van der Waals surface area contributed by atoms with Crippen LogP contribution < -0.4 is 9.64 Å². The molecule has 0 aliphatic rings. The van der Waals surface area contributed by atoms with E-state index in [4.69, 9.17) is 9.15 Å². The predicted molar refractivity (Wildman–Crippen MR) is 88.2 cm³/mol. The number of ether oxygens (including phenoxy) is 1. The fraction of sp³-hybridized carbons (Fsp3) is 0.222. The molecular formula is C18H19N3O2. The topological polar surface area (TPSA) is 51.4 Å². The van der Waals surface area contributed by atoms with Crippen LogP contribution in [-0.2, 0) is 13.2 Å². The highest BCUT2D eigenvalue weighted by molar-refractivity contribution is 5.45. The summed E-state index contributed by atoms with van der Waals surface area (Å²) in [7, 11) is 0. The van der Waals surface area contributed by atoms with Crippen LogP contribution in [0.2, 0.25) is 0 Å². The number of benzene rings is 2. The zero-order valence-electron chi connectivity index (χ0n) is 13.1. The van der Waals surface area contributed by atoms with Crippen molar-refractivity contribution < 1.29 is 9.15 Å². The first-order chi connectivity index (χ1) is 11.3. The molecule has 1 heterocycles. The third-order valence-electron chi connectivity index (χ3n) is 3.44. The lowest BCUT2D eigenvalue weighted by Gasteiger charge is -2.20. The van der Waals surface area contributed by atoms with Crippen LogP contribution >= 0.6 is 0 Å². The number of anilines is 1. The van der Waals surface area contributed by atoms with E-state index in [0.29, 0.717) is 18.3 Å². The van der Waals surface area contributed by atoms with E-state index in [9.17, 15) is 0 Å². The summed E-state index contributed by atoms with van der Waals surface area (Å²) in [4.78, 5) is 2.18. The SMILES string of the molecule is CCN(Cc1nnc(COc2ccccc2)o1)c1ccccc1. The van der Waals surface area contributed by atoms with Gasteiger partial charge in [0, 0.05) is 12.2 Å². The van der Waals surface area contributed by atoms with Gasteiger partial charge in [-0.1, -0.05) is 36.4 Å². The van der Waals surface area contributed by atoms with Gasteiger partial charge >= 0.3 is 0 Å². The molecule has 1 aromatic heterocycles. The summed E-state index contributed by atoms with van der Waals surface area (Å²) in [5.41, 5.74) is 1.13. The summed E-state index contributed by atoms with van der Waals surface area (Å²) < 4.78 is 11.3. The molecule has 0 atom stereocenters. The minimum atomic E-state index is 0.272. The normalized spacial score (nSPS) is 10.5. The number of rotatable bonds is 7. The van der Waals surface area contributed by atoms with Crippen LogP contribution in [0, 0.1) is 0 Å². The van der Waals surface area contributed by atoms with E-state index in [1.807, 2.05) is 48.5 Å². The first kappa shape index (κ1) is 15.1. The van der Waals surface area contributed by atoms with Gasteiger partial charge in [0.2, 0.25) is 5.89 Å². The maximum absolute atomic E-state index is 5.67. The smallest absolute Gasteiger partial charge is 0.253 e. The molecule has 0 fully saturated rings. The third kappa shape index (κ3) is 4.10. The van der Waals surface area contributed by atoms with Gasteiger partial charge in [0.25, 0.3) is 5.89 Å². The summed E-state index contributed by atoms with van der Waals surface area (Å²) in [5.74, 6) is 1.85. The Bertz CT molecular complexity index is 713. The number of para-hydroxylation sites is 2. The van der Waals surface area contributed by atoms with E-state index in [1.165, 1.54) is 0 Å². The van der Waals surface area contributed by atoms with E-state index < -0.39 is 0 Å². The molecule has 3 rings (SSSR count). The lowest BCUT2D eigenvalue weighted by molar-refractivity contribution is 0.259. The average Bonchev–Trinajstić information content (AvgIpc) is 3.07. The second kappa shape index (κ2) is 7.45. The predicted octanol–water partition coefficient (Wildman–Crippen LogP) is 3.68. The van der Waals surface area contributed by atoms with Gasteiger partial charge in [-0.15, -0.1) is 10.2 Å². The van der Waals surface area contributed by atoms with Crippen molar-refractivity contribution in [2.45, 2.75) is 20.1 Å². The maximum atomic E-state index is 5.67. The van der Waals surface area contributed by atoms with Gasteiger partial charge in [0.1, 0.15) is 5.75 Å². The Morgan fingerprint density at radius 3 is 2.26 bits per heavy atom. The molecule has 23 heavy (non-hydrogen) atoms. The van der Waals surface area contributed by atoms with Crippen LogP contribution in [0.4, 0.5) is 5.69 Å². The number of hydrogen-bond acceptors (Lipinski definition) is 5. The van der Waals surface area contributed by atoms with Crippen LogP contribution in [0.25, 0.3) is 0 Å². The lowest BCUT2D eigenvalue weighted by atomic mass is 10.3. The van der Waals surface area contributed by atoms with Gasteiger partial charge in [-0.3, -0.25) is 0 Å². The van der Waals surface area contributed by atoms with Gasteiger partial charge in [-0.25, -0.2) is 0 Å². The van der Waals surface area contributed by atoms with Crippen molar-refractivity contribution >= 4 is 5.69 Å². The number of hydrogen-bond donors (Lipinski definition) is 0. The van der Waals surface area contributed by atoms with E-state index in [2.05, 4.69) is 34.2 Å². The molecule has 0 saturated heterocycles. The summed E-state index contributed by atoms with van der Waals surface area (Å²) >= 11 is 0. The average molecular weight is 309 g/mol. The Hall–Kier alpha value is -2.82. The minimum Gasteiger partial charge on any atom is -0.484 e. The summed E-state index contributed by atoms with van der Waals surface area (Å²) in [6.45, 7) is 3.82. The van der Waals surface area contributed by atoms with Crippen molar-refractivity contribution in [1.29, 1.82) is 0 Å². The molecule has 118 valence electrons. The number of aromatic nitrogens is 2. The molecule has 5 heteroatoms. The molecule has 0 unspecified atom stereocenters. The Labute approximate surface area is 135 Å². The third-order valence-corrected chi connectivity index (χ3v) is 3.44. The van der Waals surface area contributed by atoms with Crippen LogP contribution in [0.5, 0.6) is 5.75 Å². The molecule has 0 aliphatic carbocycles. The molecule has 0 aliphatic heterocycles. The van der Waals surface area contributed by atoms with Gasteiger partial charge in [-0.05, 0) is 31.2 Å². The second-order valence-electron chi connectivity index (χ2n) is 5.04. The largest absolute Gasteiger partial charge is 0.484 e. The molecule has 0 radical (unpaired) electrons. The monoisotopic (exact) mass is 309 g/mol. The van der Waals surface area contributed by atoms with E-state index in [-0.39, 0.29) is 6.61 Å². The van der Waals surface area contributed by atoms with Gasteiger partial charge in [0.05, 0.1) is 6.54 Å². The molecule has 0 bridgehead atoms. The Kier molecular flexibility index (Phi) is 4.88. The van der Waals surface area contributed by atoms with Crippen LogP contribution in [-0.4, -0.2) is 16.7 Å². The summed E-state index contributed by atoms with van der Waals surface area (Å²) in [6.07, 6.45) is 0. The van der Waals surface area contributed by atoms with Crippen molar-refractivity contribution in [2.75, 3.05) is 11.4 Å². The first-order valence-corrected chi connectivity index (χ1v) is 7.64. The minimum absolute atomic E-state index is 0.272. The summed E-state index contributed by atoms with van der Waals surface area (Å²) in [5, 5.41) is 8.15. The molecule has 2 aromatic carbocycles. The fourth-order valence-corrected chi connectivity index (χ4v) is 2.26. The number of nitrogens with zero attached hydrogens (tertiary/aromatic N) is 3. The lowest BCUT2D eigenvalue weighted by Crippen LogP contribution is -2.22. The molecule has 0 spiro atoms.